The van der Waals surface area contributed by atoms with Gasteiger partial charge in [-0.25, -0.2) is 14.6 Å². The molecular weight excluding hydrogens is 408 g/mol. The molecule has 0 aromatic carbocycles. The van der Waals surface area contributed by atoms with Crippen LogP contribution in [0.3, 0.4) is 0 Å². The minimum absolute atomic E-state index is 0.114. The number of thiophene rings is 1. The molecule has 158 valence electrons. The lowest BCUT2D eigenvalue weighted by atomic mass is 9.95. The standard InChI is InChI=1S/C19H22N6O4S/c1-4-5-7-24-14-13(15(26)21-17(24)28)23(3)12(20-14)9-25-16(27)19(2,22-18(25)29)11-6-8-30-10-11/h6,8,10H,4-5,7,9H2,1-3H3,(H,22,29)(H,21,26,28). The van der Waals surface area contributed by atoms with Crippen molar-refractivity contribution in [3.05, 3.63) is 49.1 Å². The molecule has 4 heterocycles. The number of H-pyrrole nitrogens is 1. The minimum atomic E-state index is -1.15. The second-order valence-electron chi connectivity index (χ2n) is 7.48. The van der Waals surface area contributed by atoms with E-state index >= 15 is 0 Å². The average molecular weight is 430 g/mol. The summed E-state index contributed by atoms with van der Waals surface area (Å²) in [6.07, 6.45) is 1.62. The minimum Gasteiger partial charge on any atom is -0.324 e. The number of hydrogen-bond acceptors (Lipinski definition) is 6. The zero-order chi connectivity index (χ0) is 21.6. The lowest BCUT2D eigenvalue weighted by Crippen LogP contribution is -2.40. The van der Waals surface area contributed by atoms with Crippen molar-refractivity contribution in [2.45, 2.75) is 45.3 Å². The molecule has 0 aliphatic carbocycles. The van der Waals surface area contributed by atoms with E-state index in [9.17, 15) is 19.2 Å². The van der Waals surface area contributed by atoms with E-state index in [-0.39, 0.29) is 17.7 Å². The number of aromatic nitrogens is 4. The van der Waals surface area contributed by atoms with Gasteiger partial charge in [-0.15, -0.1) is 0 Å². The first-order valence-electron chi connectivity index (χ1n) is 9.63. The van der Waals surface area contributed by atoms with Crippen molar-refractivity contribution < 1.29 is 9.59 Å². The largest absolute Gasteiger partial charge is 0.330 e. The number of aryl methyl sites for hydroxylation is 2. The number of amides is 3. The molecule has 1 fully saturated rings. The summed E-state index contributed by atoms with van der Waals surface area (Å²) in [6, 6.07) is 1.27. The van der Waals surface area contributed by atoms with Crippen LogP contribution in [0.1, 0.15) is 38.1 Å². The quantitative estimate of drug-likeness (QED) is 0.570. The molecule has 3 aromatic heterocycles. The van der Waals surface area contributed by atoms with Gasteiger partial charge in [-0.2, -0.15) is 11.3 Å². The van der Waals surface area contributed by atoms with Crippen molar-refractivity contribution in [2.75, 3.05) is 0 Å². The van der Waals surface area contributed by atoms with Crippen LogP contribution in [0, 0.1) is 0 Å². The SMILES string of the molecule is CCCCn1c(=O)[nH]c(=O)c2c1nc(CN1C(=O)NC(C)(c3ccsc3)C1=O)n2C. The Balaban J connectivity index is 1.74. The number of rotatable bonds is 6. The van der Waals surface area contributed by atoms with Gasteiger partial charge in [0, 0.05) is 13.6 Å². The number of carbonyl (C=O) groups excluding carboxylic acids is 2. The van der Waals surface area contributed by atoms with Crippen molar-refractivity contribution >= 4 is 34.4 Å². The van der Waals surface area contributed by atoms with Gasteiger partial charge in [-0.05, 0) is 35.7 Å². The van der Waals surface area contributed by atoms with E-state index < -0.39 is 28.7 Å². The smallest absolute Gasteiger partial charge is 0.324 e. The second-order valence-corrected chi connectivity index (χ2v) is 8.26. The third-order valence-electron chi connectivity index (χ3n) is 5.51. The summed E-state index contributed by atoms with van der Waals surface area (Å²) in [5.74, 6) is -0.0559. The molecule has 3 aromatic rings. The number of carbonyl (C=O) groups is 2. The van der Waals surface area contributed by atoms with Crippen molar-refractivity contribution in [3.8, 4) is 0 Å². The molecule has 0 spiro atoms. The van der Waals surface area contributed by atoms with E-state index in [0.717, 1.165) is 17.7 Å². The van der Waals surface area contributed by atoms with Crippen LogP contribution in [0.15, 0.2) is 26.4 Å². The molecule has 30 heavy (non-hydrogen) atoms. The Bertz CT molecular complexity index is 1250. The Morgan fingerprint density at radius 2 is 2.00 bits per heavy atom. The molecular formula is C19H22N6O4S. The van der Waals surface area contributed by atoms with Gasteiger partial charge in [0.15, 0.2) is 11.2 Å². The molecule has 1 saturated heterocycles. The van der Waals surface area contributed by atoms with Crippen LogP contribution in [0.25, 0.3) is 11.2 Å². The third kappa shape index (κ3) is 2.96. The number of aromatic amines is 1. The maximum absolute atomic E-state index is 13.1. The fraction of sp³-hybridized carbons (Fsp3) is 0.421. The highest BCUT2D eigenvalue weighted by atomic mass is 32.1. The fourth-order valence-electron chi connectivity index (χ4n) is 3.68. The van der Waals surface area contributed by atoms with Crippen LogP contribution in [-0.4, -0.2) is 35.9 Å². The molecule has 3 amide bonds. The number of unbranched alkanes of at least 4 members (excludes halogenated alkanes) is 1. The van der Waals surface area contributed by atoms with Crippen LogP contribution in [0.4, 0.5) is 4.79 Å². The van der Waals surface area contributed by atoms with Crippen LogP contribution >= 0.6 is 11.3 Å². The Morgan fingerprint density at radius 3 is 2.67 bits per heavy atom. The highest BCUT2D eigenvalue weighted by Gasteiger charge is 2.49. The molecule has 1 atom stereocenters. The number of nitrogens with zero attached hydrogens (tertiary/aromatic N) is 4. The molecule has 11 heteroatoms. The summed E-state index contributed by atoms with van der Waals surface area (Å²) in [5, 5.41) is 6.42. The highest BCUT2D eigenvalue weighted by molar-refractivity contribution is 7.08. The number of nitrogens with one attached hydrogen (secondary N) is 2. The first-order chi connectivity index (χ1) is 14.3. The molecule has 0 radical (unpaired) electrons. The van der Waals surface area contributed by atoms with Crippen LogP contribution in [0.5, 0.6) is 0 Å². The predicted molar refractivity (Wildman–Crippen MR) is 111 cm³/mol. The summed E-state index contributed by atoms with van der Waals surface area (Å²) in [5.41, 5.74) is -1.03. The summed E-state index contributed by atoms with van der Waals surface area (Å²) in [7, 11) is 1.63. The Morgan fingerprint density at radius 1 is 1.23 bits per heavy atom. The number of fused-ring (bicyclic) bond motifs is 1. The van der Waals surface area contributed by atoms with E-state index in [1.165, 1.54) is 20.5 Å². The molecule has 10 nitrogen and oxygen atoms in total. The van der Waals surface area contributed by atoms with E-state index in [1.54, 1.807) is 20.0 Å². The topological polar surface area (TPSA) is 122 Å². The number of imidazole rings is 1. The van der Waals surface area contributed by atoms with E-state index in [1.807, 2.05) is 17.7 Å². The normalized spacial score (nSPS) is 19.1. The Hall–Kier alpha value is -3.21. The summed E-state index contributed by atoms with van der Waals surface area (Å²) in [4.78, 5) is 58.2. The van der Waals surface area contributed by atoms with Crippen molar-refractivity contribution in [1.82, 2.24) is 29.3 Å². The molecule has 0 bridgehead atoms. The zero-order valence-corrected chi connectivity index (χ0v) is 17.7. The molecule has 1 unspecified atom stereocenters. The third-order valence-corrected chi connectivity index (χ3v) is 6.20. The van der Waals surface area contributed by atoms with E-state index in [4.69, 9.17) is 0 Å². The Labute approximate surface area is 175 Å². The van der Waals surface area contributed by atoms with Gasteiger partial charge in [0.1, 0.15) is 11.4 Å². The summed E-state index contributed by atoms with van der Waals surface area (Å²) < 4.78 is 2.95. The van der Waals surface area contributed by atoms with Gasteiger partial charge < -0.3 is 9.88 Å². The maximum atomic E-state index is 13.1. The van der Waals surface area contributed by atoms with Gasteiger partial charge in [0.25, 0.3) is 11.5 Å². The first-order valence-corrected chi connectivity index (χ1v) is 10.6. The van der Waals surface area contributed by atoms with Crippen LogP contribution < -0.4 is 16.6 Å². The Kier molecular flexibility index (Phi) is 4.85. The molecule has 0 saturated carbocycles. The highest BCUT2D eigenvalue weighted by Crippen LogP contribution is 2.31. The van der Waals surface area contributed by atoms with Crippen LogP contribution in [0.2, 0.25) is 0 Å². The molecule has 4 rings (SSSR count). The summed E-state index contributed by atoms with van der Waals surface area (Å²) in [6.45, 7) is 3.96. The number of hydrogen-bond donors (Lipinski definition) is 2. The zero-order valence-electron chi connectivity index (χ0n) is 16.9. The lowest BCUT2D eigenvalue weighted by Gasteiger charge is -2.20. The number of urea groups is 1. The molecule has 2 N–H and O–H groups in total. The molecule has 1 aliphatic rings. The fourth-order valence-corrected chi connectivity index (χ4v) is 4.45. The van der Waals surface area contributed by atoms with Gasteiger partial charge in [-0.3, -0.25) is 24.0 Å². The number of imide groups is 1. The van der Waals surface area contributed by atoms with E-state index in [0.29, 0.717) is 17.9 Å². The van der Waals surface area contributed by atoms with Crippen LogP contribution in [-0.2, 0) is 30.5 Å². The van der Waals surface area contributed by atoms with Gasteiger partial charge >= 0.3 is 11.7 Å². The van der Waals surface area contributed by atoms with Crippen molar-refractivity contribution in [1.29, 1.82) is 0 Å². The summed E-state index contributed by atoms with van der Waals surface area (Å²) >= 11 is 1.44. The van der Waals surface area contributed by atoms with Gasteiger partial charge in [0.2, 0.25) is 0 Å². The van der Waals surface area contributed by atoms with Gasteiger partial charge in [0.05, 0.1) is 6.54 Å². The maximum Gasteiger partial charge on any atom is 0.330 e. The monoisotopic (exact) mass is 430 g/mol. The van der Waals surface area contributed by atoms with Gasteiger partial charge in [-0.1, -0.05) is 13.3 Å². The average Bonchev–Trinajstić information content (AvgIpc) is 3.38. The van der Waals surface area contributed by atoms with E-state index in [2.05, 4.69) is 15.3 Å². The molecule has 1 aliphatic heterocycles. The predicted octanol–water partition coefficient (Wildman–Crippen LogP) is 1.25. The first kappa shape index (κ1) is 20.1. The van der Waals surface area contributed by atoms with Crippen molar-refractivity contribution in [2.24, 2.45) is 7.05 Å². The van der Waals surface area contributed by atoms with Crippen molar-refractivity contribution in [3.63, 3.8) is 0 Å². The second kappa shape index (κ2) is 7.24. The lowest BCUT2D eigenvalue weighted by molar-refractivity contribution is -0.131.